The molecule has 1 rings (SSSR count). The molecule has 0 fully saturated rings. The van der Waals surface area contributed by atoms with Gasteiger partial charge in [0, 0.05) is 6.54 Å². The molecule has 0 spiro atoms. The first kappa shape index (κ1) is 14.7. The van der Waals surface area contributed by atoms with E-state index in [4.69, 9.17) is 4.74 Å². The molecule has 2 unspecified atom stereocenters. The maximum absolute atomic E-state index is 11.6. The van der Waals surface area contributed by atoms with Crippen LogP contribution in [0, 0.1) is 5.92 Å². The number of methoxy groups -OCH3 is 1. The first-order valence-electron chi connectivity index (χ1n) is 6.42. The maximum Gasteiger partial charge on any atom is 0.323 e. The summed E-state index contributed by atoms with van der Waals surface area (Å²) in [7, 11) is 1.43. The molecule has 0 aliphatic heterocycles. The van der Waals surface area contributed by atoms with E-state index < -0.39 is 0 Å². The molecule has 3 heteroatoms. The fraction of sp³-hybridized carbons (Fsp3) is 0.533. The van der Waals surface area contributed by atoms with Gasteiger partial charge in [0.2, 0.25) is 0 Å². The summed E-state index contributed by atoms with van der Waals surface area (Å²) >= 11 is 0. The van der Waals surface area contributed by atoms with Crippen LogP contribution in [0.25, 0.3) is 0 Å². The minimum Gasteiger partial charge on any atom is -0.468 e. The molecule has 18 heavy (non-hydrogen) atoms. The molecular formula is C15H23NO2. The van der Waals surface area contributed by atoms with Gasteiger partial charge in [0.1, 0.15) is 6.04 Å². The predicted molar refractivity (Wildman–Crippen MR) is 73.5 cm³/mol. The van der Waals surface area contributed by atoms with Crippen LogP contribution in [0.4, 0.5) is 0 Å². The second-order valence-electron chi connectivity index (χ2n) is 4.96. The van der Waals surface area contributed by atoms with Crippen molar-refractivity contribution < 1.29 is 9.53 Å². The number of benzene rings is 1. The molecule has 3 nitrogen and oxygen atoms in total. The number of rotatable bonds is 6. The molecule has 1 aromatic rings. The molecule has 0 heterocycles. The van der Waals surface area contributed by atoms with Crippen molar-refractivity contribution in [3.05, 3.63) is 35.9 Å². The largest absolute Gasteiger partial charge is 0.468 e. The third-order valence-electron chi connectivity index (χ3n) is 3.13. The van der Waals surface area contributed by atoms with Crippen molar-refractivity contribution in [1.82, 2.24) is 5.32 Å². The molecular weight excluding hydrogens is 226 g/mol. The van der Waals surface area contributed by atoms with Gasteiger partial charge in [-0.3, -0.25) is 4.79 Å². The number of hydrogen-bond acceptors (Lipinski definition) is 3. The lowest BCUT2D eigenvalue weighted by Gasteiger charge is -2.22. The van der Waals surface area contributed by atoms with E-state index in [1.807, 2.05) is 32.0 Å². The number of nitrogens with one attached hydrogen (secondary N) is 1. The minimum absolute atomic E-state index is 0.190. The van der Waals surface area contributed by atoms with Crippen LogP contribution in [0.3, 0.4) is 0 Å². The Morgan fingerprint density at radius 1 is 1.22 bits per heavy atom. The molecule has 0 aromatic heterocycles. The van der Waals surface area contributed by atoms with E-state index in [0.29, 0.717) is 5.92 Å². The smallest absolute Gasteiger partial charge is 0.323 e. The predicted octanol–water partition coefficient (Wildman–Crippen LogP) is 2.58. The van der Waals surface area contributed by atoms with E-state index in [1.165, 1.54) is 12.7 Å². The fourth-order valence-corrected chi connectivity index (χ4v) is 1.92. The lowest BCUT2D eigenvalue weighted by atomic mass is 9.99. The monoisotopic (exact) mass is 249 g/mol. The van der Waals surface area contributed by atoms with Gasteiger partial charge < -0.3 is 10.1 Å². The SMILES string of the molecule is COC(=O)C(NCC(C)c1ccccc1)C(C)C. The molecule has 1 N–H and O–H groups in total. The molecule has 0 saturated heterocycles. The average molecular weight is 249 g/mol. The Morgan fingerprint density at radius 3 is 2.33 bits per heavy atom. The highest BCUT2D eigenvalue weighted by atomic mass is 16.5. The topological polar surface area (TPSA) is 38.3 Å². The Bertz CT molecular complexity index is 362. The summed E-state index contributed by atoms with van der Waals surface area (Å²) in [5.41, 5.74) is 1.28. The number of hydrogen-bond donors (Lipinski definition) is 1. The summed E-state index contributed by atoms with van der Waals surface area (Å²) in [5, 5.41) is 3.29. The van der Waals surface area contributed by atoms with E-state index in [-0.39, 0.29) is 17.9 Å². The van der Waals surface area contributed by atoms with Crippen molar-refractivity contribution in [1.29, 1.82) is 0 Å². The third kappa shape index (κ3) is 4.15. The van der Waals surface area contributed by atoms with Crippen LogP contribution < -0.4 is 5.32 Å². The van der Waals surface area contributed by atoms with Gasteiger partial charge >= 0.3 is 5.97 Å². The van der Waals surface area contributed by atoms with Gasteiger partial charge in [-0.15, -0.1) is 0 Å². The van der Waals surface area contributed by atoms with Crippen LogP contribution in [-0.4, -0.2) is 25.7 Å². The highest BCUT2D eigenvalue weighted by Gasteiger charge is 2.22. The van der Waals surface area contributed by atoms with Crippen molar-refractivity contribution in [3.8, 4) is 0 Å². The van der Waals surface area contributed by atoms with Gasteiger partial charge in [0.15, 0.2) is 0 Å². The molecule has 0 bridgehead atoms. The van der Waals surface area contributed by atoms with Crippen LogP contribution in [0.1, 0.15) is 32.3 Å². The third-order valence-corrected chi connectivity index (χ3v) is 3.13. The zero-order valence-corrected chi connectivity index (χ0v) is 11.6. The Labute approximate surface area is 110 Å². The molecule has 0 radical (unpaired) electrons. The summed E-state index contributed by atoms with van der Waals surface area (Å²) in [6.45, 7) is 6.95. The standard InChI is InChI=1S/C15H23NO2/c1-11(2)14(15(17)18-4)16-10-12(3)13-8-6-5-7-9-13/h5-9,11-12,14,16H,10H2,1-4H3. The van der Waals surface area contributed by atoms with Crippen molar-refractivity contribution in [2.24, 2.45) is 5.92 Å². The van der Waals surface area contributed by atoms with E-state index in [9.17, 15) is 4.79 Å². The molecule has 1 aromatic carbocycles. The van der Waals surface area contributed by atoms with Gasteiger partial charge in [0.05, 0.1) is 7.11 Å². The zero-order valence-electron chi connectivity index (χ0n) is 11.6. The van der Waals surface area contributed by atoms with E-state index in [0.717, 1.165) is 6.54 Å². The van der Waals surface area contributed by atoms with Crippen LogP contribution >= 0.6 is 0 Å². The number of carbonyl (C=O) groups is 1. The maximum atomic E-state index is 11.6. The second-order valence-corrected chi connectivity index (χ2v) is 4.96. The summed E-state index contributed by atoms with van der Waals surface area (Å²) in [5.74, 6) is 0.405. The summed E-state index contributed by atoms with van der Waals surface area (Å²) in [6.07, 6.45) is 0. The highest BCUT2D eigenvalue weighted by Crippen LogP contribution is 2.14. The molecule has 0 saturated carbocycles. The van der Waals surface area contributed by atoms with Crippen LogP contribution in [-0.2, 0) is 9.53 Å². The molecule has 0 aliphatic carbocycles. The van der Waals surface area contributed by atoms with Crippen molar-refractivity contribution in [2.45, 2.75) is 32.7 Å². The number of ether oxygens (including phenoxy) is 1. The van der Waals surface area contributed by atoms with Crippen molar-refractivity contribution in [3.63, 3.8) is 0 Å². The van der Waals surface area contributed by atoms with Crippen LogP contribution in [0.2, 0.25) is 0 Å². The lowest BCUT2D eigenvalue weighted by molar-refractivity contribution is -0.144. The first-order chi connectivity index (χ1) is 8.56. The van der Waals surface area contributed by atoms with Crippen molar-refractivity contribution in [2.75, 3.05) is 13.7 Å². The van der Waals surface area contributed by atoms with Gasteiger partial charge in [-0.25, -0.2) is 0 Å². The summed E-state index contributed by atoms with van der Waals surface area (Å²) in [4.78, 5) is 11.6. The first-order valence-corrected chi connectivity index (χ1v) is 6.42. The summed E-state index contributed by atoms with van der Waals surface area (Å²) < 4.78 is 4.81. The Kier molecular flexibility index (Phi) is 5.86. The normalized spacial score (nSPS) is 14.3. The summed E-state index contributed by atoms with van der Waals surface area (Å²) in [6, 6.07) is 10.1. The average Bonchev–Trinajstić information content (AvgIpc) is 2.39. The van der Waals surface area contributed by atoms with Gasteiger partial charge in [0.25, 0.3) is 0 Å². The molecule has 0 aliphatic rings. The Hall–Kier alpha value is -1.35. The fourth-order valence-electron chi connectivity index (χ4n) is 1.92. The Morgan fingerprint density at radius 2 is 1.83 bits per heavy atom. The van der Waals surface area contributed by atoms with Gasteiger partial charge in [-0.2, -0.15) is 0 Å². The number of carbonyl (C=O) groups excluding carboxylic acids is 1. The van der Waals surface area contributed by atoms with Crippen LogP contribution in [0.5, 0.6) is 0 Å². The van der Waals surface area contributed by atoms with Gasteiger partial charge in [-0.1, -0.05) is 51.1 Å². The van der Waals surface area contributed by atoms with Crippen LogP contribution in [0.15, 0.2) is 30.3 Å². The lowest BCUT2D eigenvalue weighted by Crippen LogP contribution is -2.43. The molecule has 100 valence electrons. The van der Waals surface area contributed by atoms with Gasteiger partial charge in [-0.05, 0) is 17.4 Å². The van der Waals surface area contributed by atoms with E-state index >= 15 is 0 Å². The Balaban J connectivity index is 2.55. The van der Waals surface area contributed by atoms with E-state index in [1.54, 1.807) is 0 Å². The van der Waals surface area contributed by atoms with E-state index in [2.05, 4.69) is 24.4 Å². The highest BCUT2D eigenvalue weighted by molar-refractivity contribution is 5.75. The zero-order chi connectivity index (χ0) is 13.5. The molecule has 0 amide bonds. The second kappa shape index (κ2) is 7.17. The molecule has 2 atom stereocenters. The quantitative estimate of drug-likeness (QED) is 0.787. The van der Waals surface area contributed by atoms with Crippen molar-refractivity contribution >= 4 is 5.97 Å². The number of esters is 1. The minimum atomic E-state index is -0.235.